The van der Waals surface area contributed by atoms with Crippen molar-refractivity contribution < 1.29 is 9.53 Å². The second kappa shape index (κ2) is 8.28. The minimum absolute atomic E-state index is 0.289. The molecule has 1 amide bonds. The largest absolute Gasteiger partial charge is 0.438 e. The van der Waals surface area contributed by atoms with Crippen LogP contribution in [0.2, 0.25) is 0 Å². The van der Waals surface area contributed by atoms with Gasteiger partial charge in [-0.05, 0) is 48.0 Å². The van der Waals surface area contributed by atoms with Gasteiger partial charge >= 0.3 is 0 Å². The van der Waals surface area contributed by atoms with E-state index in [2.05, 4.69) is 32.9 Å². The van der Waals surface area contributed by atoms with Crippen molar-refractivity contribution in [1.29, 1.82) is 0 Å². The van der Waals surface area contributed by atoms with Crippen LogP contribution in [-0.4, -0.2) is 20.9 Å². The van der Waals surface area contributed by atoms with Crippen LogP contribution in [0.25, 0.3) is 32.9 Å². The Hall–Kier alpha value is -4.58. The summed E-state index contributed by atoms with van der Waals surface area (Å²) in [4.78, 5) is 24.9. The number of fused-ring (bicyclic) bond motifs is 2. The summed E-state index contributed by atoms with van der Waals surface area (Å²) in [6.45, 7) is 3.47. The number of carbonyl (C=O) groups is 1. The van der Waals surface area contributed by atoms with Gasteiger partial charge in [-0.2, -0.15) is 0 Å². The lowest BCUT2D eigenvalue weighted by Crippen LogP contribution is -2.07. The van der Waals surface area contributed by atoms with Crippen molar-refractivity contribution in [2.24, 2.45) is 0 Å². The molecule has 0 atom stereocenters. The third-order valence-corrected chi connectivity index (χ3v) is 5.02. The number of benzene rings is 3. The summed E-state index contributed by atoms with van der Waals surface area (Å²) in [6.07, 6.45) is 4.55. The quantitative estimate of drug-likeness (QED) is 0.367. The first-order valence-corrected chi connectivity index (χ1v) is 10.0. The van der Waals surface area contributed by atoms with Gasteiger partial charge in [-0.25, -0.2) is 9.97 Å². The number of pyridine rings is 1. The third-order valence-electron chi connectivity index (χ3n) is 5.02. The topological polar surface area (TPSA) is 77.0 Å². The standard InChI is InChI=1S/C26H18N4O2/c1-2-25(31)30-20-7-5-8-21(14-20)32-26-22-13-17(10-11-24(22)28-16-29-26)19-12-18-6-3-4-9-23(18)27-15-19/h2-16H,1H2,(H,30,31). The highest BCUT2D eigenvalue weighted by Crippen LogP contribution is 2.32. The van der Waals surface area contributed by atoms with Crippen LogP contribution in [0.5, 0.6) is 11.6 Å². The summed E-state index contributed by atoms with van der Waals surface area (Å²) in [7, 11) is 0. The minimum atomic E-state index is -0.289. The maximum atomic E-state index is 11.6. The Labute approximate surface area is 184 Å². The van der Waals surface area contributed by atoms with Gasteiger partial charge in [0.2, 0.25) is 11.8 Å². The molecule has 0 radical (unpaired) electrons. The molecular weight excluding hydrogens is 400 g/mol. The van der Waals surface area contributed by atoms with Crippen LogP contribution >= 0.6 is 0 Å². The Morgan fingerprint density at radius 1 is 0.875 bits per heavy atom. The average molecular weight is 418 g/mol. The Bertz CT molecular complexity index is 1480. The van der Waals surface area contributed by atoms with Crippen LogP contribution in [0, 0.1) is 0 Å². The molecule has 0 aliphatic carbocycles. The van der Waals surface area contributed by atoms with E-state index in [-0.39, 0.29) is 5.91 Å². The predicted octanol–water partition coefficient (Wildman–Crippen LogP) is 5.76. The van der Waals surface area contributed by atoms with Crippen LogP contribution < -0.4 is 10.1 Å². The monoisotopic (exact) mass is 418 g/mol. The van der Waals surface area contributed by atoms with Crippen molar-refractivity contribution in [3.8, 4) is 22.8 Å². The van der Waals surface area contributed by atoms with E-state index in [4.69, 9.17) is 4.74 Å². The average Bonchev–Trinajstić information content (AvgIpc) is 2.84. The molecule has 5 rings (SSSR count). The Morgan fingerprint density at radius 3 is 2.69 bits per heavy atom. The predicted molar refractivity (Wildman–Crippen MR) is 126 cm³/mol. The van der Waals surface area contributed by atoms with Gasteiger partial charge in [-0.3, -0.25) is 9.78 Å². The highest BCUT2D eigenvalue weighted by atomic mass is 16.5. The minimum Gasteiger partial charge on any atom is -0.438 e. The van der Waals surface area contributed by atoms with Gasteiger partial charge in [-0.1, -0.05) is 36.9 Å². The van der Waals surface area contributed by atoms with Gasteiger partial charge in [0, 0.05) is 28.9 Å². The van der Waals surface area contributed by atoms with E-state index in [9.17, 15) is 4.79 Å². The first kappa shape index (κ1) is 19.4. The summed E-state index contributed by atoms with van der Waals surface area (Å²) in [5, 5.41) is 4.57. The van der Waals surface area contributed by atoms with Gasteiger partial charge in [0.05, 0.1) is 16.4 Å². The maximum absolute atomic E-state index is 11.6. The number of para-hydroxylation sites is 1. The van der Waals surface area contributed by atoms with Crippen LogP contribution in [0.3, 0.4) is 0 Å². The molecule has 0 saturated carbocycles. The number of anilines is 1. The van der Waals surface area contributed by atoms with Crippen molar-refractivity contribution >= 4 is 33.4 Å². The lowest BCUT2D eigenvalue weighted by molar-refractivity contribution is -0.111. The molecule has 0 bridgehead atoms. The zero-order valence-corrected chi connectivity index (χ0v) is 17.0. The Kier molecular flexibility index (Phi) is 5.01. The summed E-state index contributed by atoms with van der Waals surface area (Å²) in [6, 6.07) is 23.2. The van der Waals surface area contributed by atoms with Gasteiger partial charge < -0.3 is 10.1 Å². The fraction of sp³-hybridized carbons (Fsp3) is 0. The number of nitrogens with zero attached hydrogens (tertiary/aromatic N) is 3. The molecule has 6 nitrogen and oxygen atoms in total. The normalized spacial score (nSPS) is 10.8. The number of ether oxygens (including phenoxy) is 1. The number of carbonyl (C=O) groups excluding carboxylic acids is 1. The summed E-state index contributed by atoms with van der Waals surface area (Å²) in [5.41, 5.74) is 4.31. The van der Waals surface area contributed by atoms with Crippen molar-refractivity contribution in [1.82, 2.24) is 15.0 Å². The SMILES string of the molecule is C=CC(=O)Nc1cccc(Oc2ncnc3ccc(-c4cnc5ccccc5c4)cc23)c1. The second-order valence-corrected chi connectivity index (χ2v) is 7.15. The number of amides is 1. The van der Waals surface area contributed by atoms with Crippen molar-refractivity contribution in [3.63, 3.8) is 0 Å². The molecule has 32 heavy (non-hydrogen) atoms. The van der Waals surface area contributed by atoms with Crippen LogP contribution in [0.15, 0.2) is 98.0 Å². The molecule has 1 N–H and O–H groups in total. The number of hydrogen-bond acceptors (Lipinski definition) is 5. The van der Waals surface area contributed by atoms with Gasteiger partial charge in [0.25, 0.3) is 0 Å². The zero-order chi connectivity index (χ0) is 21.9. The lowest BCUT2D eigenvalue weighted by Gasteiger charge is -2.10. The van der Waals surface area contributed by atoms with Gasteiger partial charge in [0.1, 0.15) is 12.1 Å². The molecule has 0 unspecified atom stereocenters. The molecule has 0 saturated heterocycles. The second-order valence-electron chi connectivity index (χ2n) is 7.15. The third kappa shape index (κ3) is 3.89. The number of aromatic nitrogens is 3. The highest BCUT2D eigenvalue weighted by molar-refractivity contribution is 5.99. The van der Waals surface area contributed by atoms with E-state index in [1.54, 1.807) is 24.3 Å². The van der Waals surface area contributed by atoms with E-state index in [0.717, 1.165) is 32.9 Å². The molecular formula is C26H18N4O2. The maximum Gasteiger partial charge on any atom is 0.247 e. The molecule has 0 spiro atoms. The molecule has 154 valence electrons. The first-order valence-electron chi connectivity index (χ1n) is 10.0. The Morgan fingerprint density at radius 2 is 1.78 bits per heavy atom. The smallest absolute Gasteiger partial charge is 0.247 e. The number of nitrogens with one attached hydrogen (secondary N) is 1. The fourth-order valence-electron chi connectivity index (χ4n) is 3.47. The molecule has 0 fully saturated rings. The summed E-state index contributed by atoms with van der Waals surface area (Å²) >= 11 is 0. The van der Waals surface area contributed by atoms with E-state index < -0.39 is 0 Å². The summed E-state index contributed by atoms with van der Waals surface area (Å²) < 4.78 is 6.06. The van der Waals surface area contributed by atoms with Crippen molar-refractivity contribution in [2.45, 2.75) is 0 Å². The van der Waals surface area contributed by atoms with Crippen molar-refractivity contribution in [3.05, 3.63) is 98.0 Å². The van der Waals surface area contributed by atoms with Crippen LogP contribution in [0.4, 0.5) is 5.69 Å². The molecule has 0 aliphatic rings. The lowest BCUT2D eigenvalue weighted by atomic mass is 10.0. The van der Waals surface area contributed by atoms with Crippen LogP contribution in [0.1, 0.15) is 0 Å². The fourth-order valence-corrected chi connectivity index (χ4v) is 3.47. The highest BCUT2D eigenvalue weighted by Gasteiger charge is 2.10. The van der Waals surface area contributed by atoms with E-state index in [0.29, 0.717) is 17.3 Å². The Balaban J connectivity index is 1.52. The molecule has 5 aromatic rings. The molecule has 0 aliphatic heterocycles. The van der Waals surface area contributed by atoms with E-state index in [1.165, 1.54) is 12.4 Å². The molecule has 2 heterocycles. The number of hydrogen-bond donors (Lipinski definition) is 1. The van der Waals surface area contributed by atoms with E-state index in [1.807, 2.05) is 48.7 Å². The molecule has 6 heteroatoms. The summed E-state index contributed by atoms with van der Waals surface area (Å²) in [5.74, 6) is 0.686. The first-order chi connectivity index (χ1) is 15.7. The van der Waals surface area contributed by atoms with E-state index >= 15 is 0 Å². The van der Waals surface area contributed by atoms with Crippen molar-refractivity contribution in [2.75, 3.05) is 5.32 Å². The van der Waals surface area contributed by atoms with Gasteiger partial charge in [-0.15, -0.1) is 0 Å². The van der Waals surface area contributed by atoms with Crippen LogP contribution in [-0.2, 0) is 4.79 Å². The number of rotatable bonds is 5. The molecule has 3 aromatic carbocycles. The molecule has 2 aromatic heterocycles. The van der Waals surface area contributed by atoms with Gasteiger partial charge in [0.15, 0.2) is 0 Å². The zero-order valence-electron chi connectivity index (χ0n) is 17.0.